The number of aliphatic hydroxyl groups is 1. The number of fused-ring (bicyclic) bond motifs is 1. The fourth-order valence-electron chi connectivity index (χ4n) is 2.50. The summed E-state index contributed by atoms with van der Waals surface area (Å²) in [7, 11) is 0. The van der Waals surface area contributed by atoms with Crippen LogP contribution in [-0.4, -0.2) is 23.2 Å². The maximum absolute atomic E-state index is 9.33. The predicted octanol–water partition coefficient (Wildman–Crippen LogP) is 2.28. The van der Waals surface area contributed by atoms with E-state index in [2.05, 4.69) is 16.0 Å². The van der Waals surface area contributed by atoms with Crippen LogP contribution in [0.5, 0.6) is 5.75 Å². The molecule has 1 N–H and O–H groups in total. The Morgan fingerprint density at radius 1 is 1.30 bits per heavy atom. The third-order valence-electron chi connectivity index (χ3n) is 3.46. The molecule has 0 aliphatic carbocycles. The Morgan fingerprint density at radius 3 is 3.00 bits per heavy atom. The van der Waals surface area contributed by atoms with Crippen LogP contribution in [0.3, 0.4) is 0 Å². The van der Waals surface area contributed by atoms with E-state index in [0.29, 0.717) is 6.61 Å². The molecule has 20 heavy (non-hydrogen) atoms. The molecule has 2 heterocycles. The monoisotopic (exact) mass is 270 g/mol. The van der Waals surface area contributed by atoms with Crippen LogP contribution >= 0.6 is 0 Å². The van der Waals surface area contributed by atoms with Crippen molar-refractivity contribution >= 4 is 5.82 Å². The Kier molecular flexibility index (Phi) is 3.56. The molecule has 1 aliphatic heterocycles. The molecule has 4 heteroatoms. The first-order valence-corrected chi connectivity index (χ1v) is 6.80. The van der Waals surface area contributed by atoms with E-state index in [9.17, 15) is 5.11 Å². The van der Waals surface area contributed by atoms with Crippen molar-refractivity contribution < 1.29 is 9.84 Å². The molecule has 2 aromatic rings. The second-order valence-electron chi connectivity index (χ2n) is 5.01. The van der Waals surface area contributed by atoms with Crippen molar-refractivity contribution in [2.24, 2.45) is 0 Å². The van der Waals surface area contributed by atoms with Crippen molar-refractivity contribution in [3.05, 3.63) is 53.2 Å². The molecular formula is C16H18N2O2. The van der Waals surface area contributed by atoms with Crippen LogP contribution in [-0.2, 0) is 13.2 Å². The molecule has 0 fully saturated rings. The summed E-state index contributed by atoms with van der Waals surface area (Å²) in [5.41, 5.74) is 2.98. The summed E-state index contributed by atoms with van der Waals surface area (Å²) in [6.07, 6.45) is 0. The second-order valence-corrected chi connectivity index (χ2v) is 5.01. The number of ether oxygens (including phenoxy) is 1. The minimum absolute atomic E-state index is 0.0390. The summed E-state index contributed by atoms with van der Waals surface area (Å²) in [6.45, 7) is 4.19. The van der Waals surface area contributed by atoms with Crippen molar-refractivity contribution in [2.45, 2.75) is 20.1 Å². The second kappa shape index (κ2) is 5.51. The van der Waals surface area contributed by atoms with Gasteiger partial charge >= 0.3 is 0 Å². The van der Waals surface area contributed by atoms with Crippen molar-refractivity contribution in [2.75, 3.05) is 18.1 Å². The minimum atomic E-state index is 0.0390. The molecule has 0 saturated heterocycles. The molecule has 0 bridgehead atoms. The van der Waals surface area contributed by atoms with Crippen molar-refractivity contribution in [3.8, 4) is 5.75 Å². The van der Waals surface area contributed by atoms with Crippen LogP contribution in [0.15, 0.2) is 36.4 Å². The molecule has 0 saturated carbocycles. The number of nitrogens with zero attached hydrogens (tertiary/aromatic N) is 2. The Labute approximate surface area is 118 Å². The highest BCUT2D eigenvalue weighted by Gasteiger charge is 2.16. The minimum Gasteiger partial charge on any atom is -0.491 e. The van der Waals surface area contributed by atoms with Gasteiger partial charge in [0, 0.05) is 17.8 Å². The lowest BCUT2D eigenvalue weighted by molar-refractivity contribution is 0.281. The van der Waals surface area contributed by atoms with E-state index < -0.39 is 0 Å². The van der Waals surface area contributed by atoms with E-state index in [1.165, 1.54) is 5.56 Å². The summed E-state index contributed by atoms with van der Waals surface area (Å²) in [4.78, 5) is 6.77. The number of aromatic nitrogens is 1. The third kappa shape index (κ3) is 2.60. The van der Waals surface area contributed by atoms with E-state index in [4.69, 9.17) is 4.74 Å². The van der Waals surface area contributed by atoms with Gasteiger partial charge in [0.25, 0.3) is 0 Å². The Hall–Kier alpha value is -2.07. The Balaban J connectivity index is 1.93. The van der Waals surface area contributed by atoms with Crippen LogP contribution < -0.4 is 9.64 Å². The van der Waals surface area contributed by atoms with E-state index in [1.54, 1.807) is 0 Å². The van der Waals surface area contributed by atoms with Gasteiger partial charge in [0.05, 0.1) is 13.2 Å². The zero-order valence-electron chi connectivity index (χ0n) is 11.5. The van der Waals surface area contributed by atoms with Crippen LogP contribution in [0.2, 0.25) is 0 Å². The fourth-order valence-corrected chi connectivity index (χ4v) is 2.50. The molecule has 4 nitrogen and oxygen atoms in total. The first kappa shape index (κ1) is 12.9. The average molecular weight is 270 g/mol. The zero-order valence-corrected chi connectivity index (χ0v) is 11.5. The lowest BCUT2D eigenvalue weighted by Crippen LogP contribution is -2.26. The molecule has 104 valence electrons. The number of rotatable bonds is 2. The fraction of sp³-hybridized carbons (Fsp3) is 0.312. The number of aryl methyl sites for hydroxylation is 1. The number of hydrogen-bond acceptors (Lipinski definition) is 4. The molecule has 1 aromatic heterocycles. The first-order chi connectivity index (χ1) is 9.76. The number of benzene rings is 1. The number of hydrogen-bond donors (Lipinski definition) is 1. The summed E-state index contributed by atoms with van der Waals surface area (Å²) >= 11 is 0. The SMILES string of the molecule is Cc1cc(CO)cc(N2CCOc3ccccc3C2)n1. The standard InChI is InChI=1S/C16H18N2O2/c1-12-8-13(11-19)9-16(17-12)18-6-7-20-15-5-3-2-4-14(15)10-18/h2-5,8-9,19H,6-7,10-11H2,1H3. The van der Waals surface area contributed by atoms with Gasteiger partial charge in [0.15, 0.2) is 0 Å². The van der Waals surface area contributed by atoms with Gasteiger partial charge in [-0.2, -0.15) is 0 Å². The lowest BCUT2D eigenvalue weighted by Gasteiger charge is -2.22. The summed E-state index contributed by atoms with van der Waals surface area (Å²) in [6, 6.07) is 11.9. The highest BCUT2D eigenvalue weighted by molar-refractivity contribution is 5.46. The van der Waals surface area contributed by atoms with E-state index in [1.807, 2.05) is 37.3 Å². The van der Waals surface area contributed by atoms with Gasteiger partial charge in [0.1, 0.15) is 18.2 Å². The molecule has 0 atom stereocenters. The molecule has 0 spiro atoms. The van der Waals surface area contributed by atoms with Crippen LogP contribution in [0.1, 0.15) is 16.8 Å². The van der Waals surface area contributed by atoms with Crippen molar-refractivity contribution in [3.63, 3.8) is 0 Å². The number of pyridine rings is 1. The number of aliphatic hydroxyl groups excluding tert-OH is 1. The largest absolute Gasteiger partial charge is 0.491 e. The van der Waals surface area contributed by atoms with Gasteiger partial charge in [-0.3, -0.25) is 0 Å². The van der Waals surface area contributed by atoms with Crippen LogP contribution in [0.25, 0.3) is 0 Å². The average Bonchev–Trinajstić information content (AvgIpc) is 2.68. The molecule has 0 unspecified atom stereocenters. The summed E-state index contributed by atoms with van der Waals surface area (Å²) < 4.78 is 5.77. The maximum Gasteiger partial charge on any atom is 0.129 e. The van der Waals surface area contributed by atoms with Gasteiger partial charge in [-0.25, -0.2) is 4.98 Å². The summed E-state index contributed by atoms with van der Waals surface area (Å²) in [5.74, 6) is 1.85. The third-order valence-corrected chi connectivity index (χ3v) is 3.46. The Bertz CT molecular complexity index is 613. The number of anilines is 1. The van der Waals surface area contributed by atoms with Gasteiger partial charge in [-0.05, 0) is 30.7 Å². The zero-order chi connectivity index (χ0) is 13.9. The van der Waals surface area contributed by atoms with Crippen LogP contribution in [0.4, 0.5) is 5.82 Å². The maximum atomic E-state index is 9.33. The molecule has 3 rings (SSSR count). The quantitative estimate of drug-likeness (QED) is 0.909. The van der Waals surface area contributed by atoms with Gasteiger partial charge in [0.2, 0.25) is 0 Å². The molecule has 1 aromatic carbocycles. The highest BCUT2D eigenvalue weighted by atomic mass is 16.5. The first-order valence-electron chi connectivity index (χ1n) is 6.80. The summed E-state index contributed by atoms with van der Waals surface area (Å²) in [5, 5.41) is 9.33. The van der Waals surface area contributed by atoms with Gasteiger partial charge in [-0.1, -0.05) is 18.2 Å². The smallest absolute Gasteiger partial charge is 0.129 e. The van der Waals surface area contributed by atoms with E-state index in [0.717, 1.165) is 35.9 Å². The van der Waals surface area contributed by atoms with Gasteiger partial charge < -0.3 is 14.7 Å². The van der Waals surface area contributed by atoms with Crippen LogP contribution in [0, 0.1) is 6.92 Å². The molecule has 0 radical (unpaired) electrons. The number of para-hydroxylation sites is 1. The molecule has 1 aliphatic rings. The molecule has 0 amide bonds. The van der Waals surface area contributed by atoms with E-state index >= 15 is 0 Å². The van der Waals surface area contributed by atoms with Crippen molar-refractivity contribution in [1.29, 1.82) is 0 Å². The lowest BCUT2D eigenvalue weighted by atomic mass is 10.2. The highest BCUT2D eigenvalue weighted by Crippen LogP contribution is 2.25. The van der Waals surface area contributed by atoms with Gasteiger partial charge in [-0.15, -0.1) is 0 Å². The molecular weight excluding hydrogens is 252 g/mol. The normalized spacial score (nSPS) is 14.4. The van der Waals surface area contributed by atoms with Crippen molar-refractivity contribution in [1.82, 2.24) is 4.98 Å². The van der Waals surface area contributed by atoms with E-state index in [-0.39, 0.29) is 6.61 Å². The Morgan fingerprint density at radius 2 is 2.15 bits per heavy atom. The predicted molar refractivity (Wildman–Crippen MR) is 77.9 cm³/mol. The topological polar surface area (TPSA) is 45.6 Å².